The number of hydrogen-bond acceptors (Lipinski definition) is 3. The fourth-order valence-corrected chi connectivity index (χ4v) is 2.56. The summed E-state index contributed by atoms with van der Waals surface area (Å²) in [4.78, 5) is 5.67. The molecule has 0 bridgehead atoms. The van der Waals surface area contributed by atoms with Crippen LogP contribution in [0.2, 0.25) is 0 Å². The van der Waals surface area contributed by atoms with Crippen LogP contribution in [-0.4, -0.2) is 4.98 Å². The Morgan fingerprint density at radius 1 is 1.39 bits per heavy atom. The zero-order valence-corrected chi connectivity index (χ0v) is 11.4. The molecule has 1 aromatic heterocycles. The first kappa shape index (κ1) is 13.2. The molecule has 0 saturated carbocycles. The second kappa shape index (κ2) is 6.07. The van der Waals surface area contributed by atoms with Crippen molar-refractivity contribution in [2.75, 3.05) is 0 Å². The predicted octanol–water partition coefficient (Wildman–Crippen LogP) is 3.70. The van der Waals surface area contributed by atoms with E-state index in [1.165, 1.54) is 10.9 Å². The molecule has 96 valence electrons. The van der Waals surface area contributed by atoms with Crippen LogP contribution in [0.1, 0.15) is 35.3 Å². The molecule has 0 radical (unpaired) electrons. The van der Waals surface area contributed by atoms with E-state index in [-0.39, 0.29) is 11.9 Å². The normalized spacial score (nSPS) is 12.6. The van der Waals surface area contributed by atoms with Gasteiger partial charge in [-0.05, 0) is 19.4 Å². The number of nitrogens with zero attached hydrogens (tertiary/aromatic N) is 1. The maximum atomic E-state index is 13.4. The van der Waals surface area contributed by atoms with Crippen molar-refractivity contribution in [3.63, 3.8) is 0 Å². The highest BCUT2D eigenvalue weighted by atomic mass is 32.1. The Balaban J connectivity index is 1.96. The van der Waals surface area contributed by atoms with Crippen LogP contribution in [0.15, 0.2) is 30.5 Å². The number of rotatable bonds is 5. The highest BCUT2D eigenvalue weighted by Gasteiger charge is 2.10. The van der Waals surface area contributed by atoms with E-state index in [9.17, 15) is 4.39 Å². The summed E-state index contributed by atoms with van der Waals surface area (Å²) < 4.78 is 13.4. The second-order valence-electron chi connectivity index (χ2n) is 4.21. The fraction of sp³-hybridized carbons (Fsp3) is 0.357. The summed E-state index contributed by atoms with van der Waals surface area (Å²) in [6.07, 6.45) is 2.93. The van der Waals surface area contributed by atoms with E-state index >= 15 is 0 Å². The number of benzene rings is 1. The highest BCUT2D eigenvalue weighted by molar-refractivity contribution is 7.11. The van der Waals surface area contributed by atoms with Crippen LogP contribution in [0.5, 0.6) is 0 Å². The summed E-state index contributed by atoms with van der Waals surface area (Å²) in [6.45, 7) is 4.70. The van der Waals surface area contributed by atoms with Gasteiger partial charge in [0.25, 0.3) is 0 Å². The average Bonchev–Trinajstić information content (AvgIpc) is 2.86. The van der Waals surface area contributed by atoms with Crippen molar-refractivity contribution in [3.8, 4) is 0 Å². The van der Waals surface area contributed by atoms with Crippen molar-refractivity contribution in [3.05, 3.63) is 51.7 Å². The largest absolute Gasteiger partial charge is 0.304 e. The monoisotopic (exact) mass is 264 g/mol. The second-order valence-corrected chi connectivity index (χ2v) is 5.36. The van der Waals surface area contributed by atoms with Crippen molar-refractivity contribution in [2.45, 2.75) is 32.9 Å². The predicted molar refractivity (Wildman–Crippen MR) is 73.1 cm³/mol. The van der Waals surface area contributed by atoms with E-state index < -0.39 is 0 Å². The van der Waals surface area contributed by atoms with Crippen LogP contribution >= 0.6 is 11.3 Å². The SMILES string of the molecule is CCc1cnc(C(C)NCc2ccccc2F)s1. The van der Waals surface area contributed by atoms with Crippen molar-refractivity contribution in [1.82, 2.24) is 10.3 Å². The summed E-state index contributed by atoms with van der Waals surface area (Å²) in [5.74, 6) is -0.161. The molecule has 2 nitrogen and oxygen atoms in total. The molecule has 0 fully saturated rings. The lowest BCUT2D eigenvalue weighted by Crippen LogP contribution is -2.18. The summed E-state index contributed by atoms with van der Waals surface area (Å²) in [7, 11) is 0. The van der Waals surface area contributed by atoms with Crippen LogP contribution in [0.3, 0.4) is 0 Å². The zero-order valence-electron chi connectivity index (χ0n) is 10.6. The molecule has 0 spiro atoms. The molecule has 18 heavy (non-hydrogen) atoms. The van der Waals surface area contributed by atoms with Gasteiger partial charge >= 0.3 is 0 Å². The Morgan fingerprint density at radius 2 is 2.17 bits per heavy atom. The Kier molecular flexibility index (Phi) is 4.44. The molecule has 0 aliphatic rings. The summed E-state index contributed by atoms with van der Waals surface area (Å²) >= 11 is 1.71. The van der Waals surface area contributed by atoms with Gasteiger partial charge in [-0.1, -0.05) is 25.1 Å². The summed E-state index contributed by atoms with van der Waals surface area (Å²) in [6, 6.07) is 6.99. The van der Waals surface area contributed by atoms with E-state index in [4.69, 9.17) is 0 Å². The average molecular weight is 264 g/mol. The quantitative estimate of drug-likeness (QED) is 0.890. The van der Waals surface area contributed by atoms with Gasteiger partial charge < -0.3 is 5.32 Å². The third kappa shape index (κ3) is 3.15. The van der Waals surface area contributed by atoms with Gasteiger partial charge in [-0.25, -0.2) is 9.37 Å². The van der Waals surface area contributed by atoms with Gasteiger partial charge in [-0.3, -0.25) is 0 Å². The molecule has 2 rings (SSSR count). The van der Waals surface area contributed by atoms with Crippen molar-refractivity contribution in [1.29, 1.82) is 0 Å². The number of hydrogen-bond donors (Lipinski definition) is 1. The minimum atomic E-state index is -0.161. The van der Waals surface area contributed by atoms with Crippen LogP contribution in [0.25, 0.3) is 0 Å². The van der Waals surface area contributed by atoms with E-state index in [0.29, 0.717) is 12.1 Å². The van der Waals surface area contributed by atoms with E-state index in [1.807, 2.05) is 12.3 Å². The molecule has 4 heteroatoms. The third-order valence-electron chi connectivity index (χ3n) is 2.85. The molecule has 1 unspecified atom stereocenters. The van der Waals surface area contributed by atoms with Gasteiger partial charge in [-0.15, -0.1) is 11.3 Å². The topological polar surface area (TPSA) is 24.9 Å². The molecule has 0 amide bonds. The molecule has 0 aliphatic carbocycles. The number of aryl methyl sites for hydroxylation is 1. The Morgan fingerprint density at radius 3 is 2.83 bits per heavy atom. The van der Waals surface area contributed by atoms with Crippen LogP contribution in [0.4, 0.5) is 4.39 Å². The molecule has 1 aromatic carbocycles. The number of halogens is 1. The lowest BCUT2D eigenvalue weighted by molar-refractivity contribution is 0.542. The van der Waals surface area contributed by atoms with Gasteiger partial charge in [-0.2, -0.15) is 0 Å². The number of thiazole rings is 1. The van der Waals surface area contributed by atoms with Gasteiger partial charge in [0.2, 0.25) is 0 Å². The fourth-order valence-electron chi connectivity index (χ4n) is 1.68. The molecule has 1 heterocycles. The van der Waals surface area contributed by atoms with Gasteiger partial charge in [0.05, 0.1) is 6.04 Å². The Bertz CT molecular complexity index is 510. The summed E-state index contributed by atoms with van der Waals surface area (Å²) in [5, 5.41) is 4.36. The lowest BCUT2D eigenvalue weighted by Gasteiger charge is -2.11. The Hall–Kier alpha value is -1.26. The van der Waals surface area contributed by atoms with E-state index in [2.05, 4.69) is 24.1 Å². The van der Waals surface area contributed by atoms with Gasteiger partial charge in [0, 0.05) is 23.2 Å². The minimum Gasteiger partial charge on any atom is -0.304 e. The van der Waals surface area contributed by atoms with Crippen molar-refractivity contribution in [2.24, 2.45) is 0 Å². The molecule has 0 saturated heterocycles. The molecule has 1 N–H and O–H groups in total. The third-order valence-corrected chi connectivity index (χ3v) is 4.17. The van der Waals surface area contributed by atoms with Gasteiger partial charge in [0.1, 0.15) is 10.8 Å². The maximum absolute atomic E-state index is 13.4. The molecule has 0 aliphatic heterocycles. The van der Waals surface area contributed by atoms with E-state index in [0.717, 1.165) is 11.4 Å². The first-order valence-electron chi connectivity index (χ1n) is 6.12. The molecule has 1 atom stereocenters. The zero-order chi connectivity index (χ0) is 13.0. The standard InChI is InChI=1S/C14H17FN2S/c1-3-12-9-17-14(18-12)10(2)16-8-11-6-4-5-7-13(11)15/h4-7,9-10,16H,3,8H2,1-2H3. The maximum Gasteiger partial charge on any atom is 0.127 e. The van der Waals surface area contributed by atoms with Crippen LogP contribution in [0, 0.1) is 5.82 Å². The highest BCUT2D eigenvalue weighted by Crippen LogP contribution is 2.20. The minimum absolute atomic E-state index is 0.148. The van der Waals surface area contributed by atoms with Crippen molar-refractivity contribution >= 4 is 11.3 Å². The molecular formula is C14H17FN2S. The van der Waals surface area contributed by atoms with Crippen LogP contribution < -0.4 is 5.32 Å². The van der Waals surface area contributed by atoms with Crippen LogP contribution in [-0.2, 0) is 13.0 Å². The van der Waals surface area contributed by atoms with E-state index in [1.54, 1.807) is 23.5 Å². The lowest BCUT2D eigenvalue weighted by atomic mass is 10.2. The summed E-state index contributed by atoms with van der Waals surface area (Å²) in [5.41, 5.74) is 0.691. The molecular weight excluding hydrogens is 247 g/mol. The smallest absolute Gasteiger partial charge is 0.127 e. The Labute approximate surface area is 111 Å². The first-order chi connectivity index (χ1) is 8.70. The molecule has 2 aromatic rings. The van der Waals surface area contributed by atoms with Crippen molar-refractivity contribution < 1.29 is 4.39 Å². The first-order valence-corrected chi connectivity index (χ1v) is 6.93. The van der Waals surface area contributed by atoms with Gasteiger partial charge in [0.15, 0.2) is 0 Å². The number of nitrogens with one attached hydrogen (secondary N) is 1. The number of aromatic nitrogens is 1.